The molecule has 2 atom stereocenters. The number of aromatic nitrogens is 1. The Labute approximate surface area is 159 Å². The fourth-order valence-corrected chi connectivity index (χ4v) is 4.54. The minimum atomic E-state index is -0.155. The molecule has 0 saturated carbocycles. The molecule has 0 radical (unpaired) electrons. The number of hydrogen-bond donors (Lipinski definition) is 1. The maximum Gasteiger partial charge on any atom is 0.230 e. The molecule has 4 rings (SSSR count). The molecule has 1 aliphatic heterocycles. The van der Waals surface area contributed by atoms with E-state index in [4.69, 9.17) is 0 Å². The smallest absolute Gasteiger partial charge is 0.230 e. The zero-order valence-electron chi connectivity index (χ0n) is 15.9. The fraction of sp³-hybridized carbons (Fsp3) is 0.409. The lowest BCUT2D eigenvalue weighted by Gasteiger charge is -2.40. The van der Waals surface area contributed by atoms with E-state index < -0.39 is 0 Å². The number of rotatable bonds is 5. The fourth-order valence-electron chi connectivity index (χ4n) is 4.54. The van der Waals surface area contributed by atoms with Crippen molar-refractivity contribution in [1.82, 2.24) is 14.8 Å². The molecular formula is C22H25N3O2. The van der Waals surface area contributed by atoms with Gasteiger partial charge in [-0.05, 0) is 49.6 Å². The normalized spacial score (nSPS) is 21.3. The molecule has 0 saturated heterocycles. The Morgan fingerprint density at radius 2 is 2.30 bits per heavy atom. The second-order valence-electron chi connectivity index (χ2n) is 7.46. The van der Waals surface area contributed by atoms with Gasteiger partial charge in [-0.2, -0.15) is 0 Å². The van der Waals surface area contributed by atoms with Crippen LogP contribution in [0.15, 0.2) is 36.5 Å². The van der Waals surface area contributed by atoms with E-state index >= 15 is 0 Å². The number of carbonyl (C=O) groups is 1. The number of benzene rings is 1. The van der Waals surface area contributed by atoms with Crippen LogP contribution in [-0.4, -0.2) is 59.4 Å². The van der Waals surface area contributed by atoms with Crippen LogP contribution in [0, 0.1) is 5.92 Å². The second kappa shape index (κ2) is 7.18. The molecule has 0 bridgehead atoms. The van der Waals surface area contributed by atoms with Gasteiger partial charge in [0, 0.05) is 48.9 Å². The van der Waals surface area contributed by atoms with Crippen molar-refractivity contribution in [3.8, 4) is 0 Å². The summed E-state index contributed by atoms with van der Waals surface area (Å²) in [5.41, 5.74) is 5.03. The van der Waals surface area contributed by atoms with Crippen LogP contribution < -0.4 is 0 Å². The van der Waals surface area contributed by atoms with Gasteiger partial charge in [-0.25, -0.2) is 4.79 Å². The lowest BCUT2D eigenvalue weighted by atomic mass is 9.79. The van der Waals surface area contributed by atoms with Gasteiger partial charge in [-0.15, -0.1) is 0 Å². The molecule has 1 aliphatic carbocycles. The maximum atomic E-state index is 13.1. The predicted molar refractivity (Wildman–Crippen MR) is 107 cm³/mol. The second-order valence-corrected chi connectivity index (χ2v) is 7.46. The molecule has 0 spiro atoms. The highest BCUT2D eigenvalue weighted by Crippen LogP contribution is 2.40. The Bertz CT molecular complexity index is 952. The largest absolute Gasteiger partial charge is 0.361 e. The number of amides is 1. The van der Waals surface area contributed by atoms with Gasteiger partial charge < -0.3 is 9.88 Å². The van der Waals surface area contributed by atoms with Crippen LogP contribution in [0.3, 0.4) is 0 Å². The summed E-state index contributed by atoms with van der Waals surface area (Å²) in [5, 5.41) is 1.30. The summed E-state index contributed by atoms with van der Waals surface area (Å²) in [4.78, 5) is 31.1. The quantitative estimate of drug-likeness (QED) is 0.831. The van der Waals surface area contributed by atoms with Crippen LogP contribution in [0.25, 0.3) is 16.5 Å². The van der Waals surface area contributed by atoms with E-state index in [2.05, 4.69) is 47.4 Å². The third-order valence-electron chi connectivity index (χ3n) is 5.91. The van der Waals surface area contributed by atoms with E-state index in [9.17, 15) is 9.59 Å². The molecule has 2 heterocycles. The van der Waals surface area contributed by atoms with E-state index in [0.717, 1.165) is 18.5 Å². The zero-order valence-corrected chi connectivity index (χ0v) is 15.9. The predicted octanol–water partition coefficient (Wildman–Crippen LogP) is 2.66. The van der Waals surface area contributed by atoms with Crippen molar-refractivity contribution in [3.05, 3.63) is 47.7 Å². The Kier molecular flexibility index (Phi) is 4.73. The minimum Gasteiger partial charge on any atom is -0.361 e. The van der Waals surface area contributed by atoms with Crippen LogP contribution in [0.2, 0.25) is 0 Å². The van der Waals surface area contributed by atoms with Crippen molar-refractivity contribution < 1.29 is 9.59 Å². The average molecular weight is 363 g/mol. The third kappa shape index (κ3) is 3.03. The number of carbonyl (C=O) groups excluding carboxylic acids is 2. The van der Waals surface area contributed by atoms with Crippen LogP contribution in [0.1, 0.15) is 24.5 Å². The van der Waals surface area contributed by atoms with Crippen molar-refractivity contribution in [2.45, 2.75) is 25.8 Å². The molecule has 1 aromatic carbocycles. The van der Waals surface area contributed by atoms with Gasteiger partial charge in [-0.3, -0.25) is 9.69 Å². The summed E-state index contributed by atoms with van der Waals surface area (Å²) in [7, 11) is 2.11. The SMILES string of the molecule is CCN(CCC=C=O)C(=O)[C@@H]1C=C2c3cccc4[nH]cc(c34)C[C@H]2N(C)C1. The number of likely N-dealkylation sites (N-methyl/N-ethyl adjacent to an activating group) is 1. The van der Waals surface area contributed by atoms with Crippen LogP contribution in [0.5, 0.6) is 0 Å². The van der Waals surface area contributed by atoms with Crippen molar-refractivity contribution in [2.75, 3.05) is 26.7 Å². The Balaban J connectivity index is 1.68. The minimum absolute atomic E-state index is 0.140. The van der Waals surface area contributed by atoms with Gasteiger partial charge in [0.1, 0.15) is 5.94 Å². The molecule has 1 aromatic heterocycles. The first-order valence-electron chi connectivity index (χ1n) is 9.63. The standard InChI is InChI=1S/C22H25N3O2/c1-3-25(9-4-5-10-26)22(27)16-11-18-17-7-6-8-19-21(17)15(13-23-19)12-20(18)24(2)14-16/h5-8,11,13,16,20,23H,3-4,9,12,14H2,1-2H3/t16-,20-/m1/s1. The molecule has 5 nitrogen and oxygen atoms in total. The zero-order chi connectivity index (χ0) is 19.0. The van der Waals surface area contributed by atoms with Crippen LogP contribution in [-0.2, 0) is 16.0 Å². The third-order valence-corrected chi connectivity index (χ3v) is 5.91. The number of H-pyrrole nitrogens is 1. The molecule has 0 fully saturated rings. The molecule has 27 heavy (non-hydrogen) atoms. The summed E-state index contributed by atoms with van der Waals surface area (Å²) < 4.78 is 0. The number of nitrogens with zero attached hydrogens (tertiary/aromatic N) is 2. The van der Waals surface area contributed by atoms with Gasteiger partial charge in [0.25, 0.3) is 0 Å². The lowest BCUT2D eigenvalue weighted by molar-refractivity contribution is -0.134. The molecule has 140 valence electrons. The lowest BCUT2D eigenvalue weighted by Crippen LogP contribution is -2.47. The topological polar surface area (TPSA) is 56.4 Å². The Morgan fingerprint density at radius 3 is 3.07 bits per heavy atom. The summed E-state index contributed by atoms with van der Waals surface area (Å²) in [6.07, 6.45) is 7.29. The van der Waals surface area contributed by atoms with Gasteiger partial charge in [0.15, 0.2) is 0 Å². The number of aromatic amines is 1. The first-order valence-corrected chi connectivity index (χ1v) is 9.63. The van der Waals surface area contributed by atoms with Gasteiger partial charge in [0.05, 0.1) is 5.92 Å². The Morgan fingerprint density at radius 1 is 1.44 bits per heavy atom. The highest BCUT2D eigenvalue weighted by Gasteiger charge is 2.36. The van der Waals surface area contributed by atoms with Crippen molar-refractivity contribution in [3.63, 3.8) is 0 Å². The number of fused-ring (bicyclic) bond motifs is 2. The van der Waals surface area contributed by atoms with E-state index in [1.165, 1.54) is 28.2 Å². The molecule has 2 aromatic rings. The van der Waals surface area contributed by atoms with E-state index in [-0.39, 0.29) is 11.8 Å². The summed E-state index contributed by atoms with van der Waals surface area (Å²) in [6.45, 7) is 3.92. The highest BCUT2D eigenvalue weighted by atomic mass is 16.2. The average Bonchev–Trinajstić information content (AvgIpc) is 3.10. The molecule has 2 aliphatic rings. The first-order chi connectivity index (χ1) is 13.1. The highest BCUT2D eigenvalue weighted by molar-refractivity contribution is 5.99. The number of nitrogens with one attached hydrogen (secondary N) is 1. The maximum absolute atomic E-state index is 13.1. The van der Waals surface area contributed by atoms with Crippen molar-refractivity contribution >= 4 is 28.3 Å². The molecule has 0 unspecified atom stereocenters. The monoisotopic (exact) mass is 363 g/mol. The van der Waals surface area contributed by atoms with Gasteiger partial charge in [0.2, 0.25) is 5.91 Å². The number of hydrogen-bond acceptors (Lipinski definition) is 3. The Hall–Kier alpha value is -2.62. The van der Waals surface area contributed by atoms with Crippen molar-refractivity contribution in [2.24, 2.45) is 5.92 Å². The first kappa shape index (κ1) is 17.8. The molecule has 1 N–H and O–H groups in total. The molecular weight excluding hydrogens is 338 g/mol. The summed E-state index contributed by atoms with van der Waals surface area (Å²) in [6, 6.07) is 6.68. The van der Waals surface area contributed by atoms with Gasteiger partial charge in [-0.1, -0.05) is 18.2 Å². The van der Waals surface area contributed by atoms with Crippen LogP contribution >= 0.6 is 0 Å². The molecule has 5 heteroatoms. The van der Waals surface area contributed by atoms with Crippen molar-refractivity contribution in [1.29, 1.82) is 0 Å². The van der Waals surface area contributed by atoms with E-state index in [1.54, 1.807) is 5.94 Å². The molecule has 1 amide bonds. The van der Waals surface area contributed by atoms with E-state index in [1.807, 2.05) is 11.8 Å². The van der Waals surface area contributed by atoms with Gasteiger partial charge >= 0.3 is 0 Å². The summed E-state index contributed by atoms with van der Waals surface area (Å²) >= 11 is 0. The summed E-state index contributed by atoms with van der Waals surface area (Å²) in [5.74, 6) is 1.78. The van der Waals surface area contributed by atoms with Crippen LogP contribution in [0.4, 0.5) is 0 Å². The van der Waals surface area contributed by atoms with E-state index in [0.29, 0.717) is 25.6 Å².